The molecule has 0 fully saturated rings. The van der Waals surface area contributed by atoms with Crippen LogP contribution >= 0.6 is 22.9 Å². The van der Waals surface area contributed by atoms with Crippen molar-refractivity contribution < 1.29 is 18.7 Å². The van der Waals surface area contributed by atoms with Crippen molar-refractivity contribution in [3.8, 4) is 0 Å². The lowest BCUT2D eigenvalue weighted by atomic mass is 10.0. The number of hydrogen-bond acceptors (Lipinski definition) is 6. The van der Waals surface area contributed by atoms with Gasteiger partial charge in [0.15, 0.2) is 5.78 Å². The molecule has 0 aliphatic carbocycles. The van der Waals surface area contributed by atoms with Gasteiger partial charge in [-0.25, -0.2) is 4.79 Å². The topological polar surface area (TPSA) is 73.6 Å². The van der Waals surface area contributed by atoms with Crippen LogP contribution in [0.15, 0.2) is 39.5 Å². The second kappa shape index (κ2) is 8.06. The fourth-order valence-electron chi connectivity index (χ4n) is 2.64. The van der Waals surface area contributed by atoms with Crippen LogP contribution in [0, 0.1) is 13.8 Å². The fourth-order valence-corrected chi connectivity index (χ4v) is 3.65. The number of rotatable bonds is 6. The Balaban J connectivity index is 1.66. The van der Waals surface area contributed by atoms with Gasteiger partial charge in [-0.15, -0.1) is 11.3 Å². The molecule has 2 heterocycles. The summed E-state index contributed by atoms with van der Waals surface area (Å²) in [7, 11) is 0. The molecular formula is C20H17ClO5S. The molecule has 2 aromatic heterocycles. The monoisotopic (exact) mass is 404 g/mol. The minimum atomic E-state index is -0.503. The second-order valence-electron chi connectivity index (χ2n) is 6.21. The Hall–Kier alpha value is -2.44. The zero-order valence-corrected chi connectivity index (χ0v) is 16.4. The van der Waals surface area contributed by atoms with Gasteiger partial charge >= 0.3 is 11.6 Å². The molecule has 5 nitrogen and oxygen atoms in total. The van der Waals surface area contributed by atoms with Crippen molar-refractivity contribution in [3.05, 3.63) is 66.7 Å². The molecule has 3 aromatic rings. The Bertz CT molecular complexity index is 1080. The van der Waals surface area contributed by atoms with Gasteiger partial charge in [-0.2, -0.15) is 0 Å². The quantitative estimate of drug-likeness (QED) is 0.334. The summed E-state index contributed by atoms with van der Waals surface area (Å²) in [5.41, 5.74) is 2.59. The molecular weight excluding hydrogens is 388 g/mol. The molecule has 0 unspecified atom stereocenters. The van der Waals surface area contributed by atoms with Crippen molar-refractivity contribution in [2.45, 2.75) is 33.3 Å². The van der Waals surface area contributed by atoms with E-state index in [0.29, 0.717) is 20.4 Å². The predicted octanol–water partition coefficient (Wildman–Crippen LogP) is 4.83. The normalized spacial score (nSPS) is 10.9. The first-order chi connectivity index (χ1) is 12.8. The van der Waals surface area contributed by atoms with Gasteiger partial charge in [-0.1, -0.05) is 11.6 Å². The summed E-state index contributed by atoms with van der Waals surface area (Å²) in [4.78, 5) is 36.3. The highest BCUT2D eigenvalue weighted by Gasteiger charge is 2.14. The van der Waals surface area contributed by atoms with E-state index in [0.717, 1.165) is 16.5 Å². The van der Waals surface area contributed by atoms with Gasteiger partial charge in [0.2, 0.25) is 0 Å². The molecule has 1 aromatic carbocycles. The largest absolute Gasteiger partial charge is 0.461 e. The van der Waals surface area contributed by atoms with Crippen LogP contribution in [-0.4, -0.2) is 11.8 Å². The summed E-state index contributed by atoms with van der Waals surface area (Å²) in [6.45, 7) is 3.83. The molecule has 0 saturated carbocycles. The smallest absolute Gasteiger partial charge is 0.336 e. The maximum atomic E-state index is 12.0. The van der Waals surface area contributed by atoms with Gasteiger partial charge in [0, 0.05) is 23.4 Å². The Labute approximate surface area is 164 Å². The van der Waals surface area contributed by atoms with Crippen molar-refractivity contribution in [1.82, 2.24) is 0 Å². The van der Waals surface area contributed by atoms with Crippen molar-refractivity contribution in [1.29, 1.82) is 0 Å². The van der Waals surface area contributed by atoms with Gasteiger partial charge in [0.1, 0.15) is 12.2 Å². The van der Waals surface area contributed by atoms with Crippen LogP contribution in [0.25, 0.3) is 11.0 Å². The van der Waals surface area contributed by atoms with Crippen molar-refractivity contribution in [2.75, 3.05) is 0 Å². The second-order valence-corrected chi connectivity index (χ2v) is 7.93. The number of aryl methyl sites for hydroxylation is 2. The third-order valence-electron chi connectivity index (χ3n) is 4.24. The van der Waals surface area contributed by atoms with E-state index in [1.807, 2.05) is 19.9 Å². The van der Waals surface area contributed by atoms with Crippen LogP contribution in [0.1, 0.15) is 39.2 Å². The van der Waals surface area contributed by atoms with Crippen molar-refractivity contribution in [2.24, 2.45) is 0 Å². The number of benzene rings is 1. The number of ketones is 1. The van der Waals surface area contributed by atoms with E-state index in [-0.39, 0.29) is 25.2 Å². The predicted molar refractivity (Wildman–Crippen MR) is 105 cm³/mol. The maximum absolute atomic E-state index is 12.0. The molecule has 0 aliphatic rings. The van der Waals surface area contributed by atoms with E-state index in [2.05, 4.69) is 0 Å². The number of esters is 1. The molecule has 140 valence electrons. The molecule has 27 heavy (non-hydrogen) atoms. The fraction of sp³-hybridized carbons (Fsp3) is 0.250. The van der Waals surface area contributed by atoms with Crippen molar-refractivity contribution in [3.63, 3.8) is 0 Å². The summed E-state index contributed by atoms with van der Waals surface area (Å²) >= 11 is 6.99. The molecule has 0 N–H and O–H groups in total. The lowest BCUT2D eigenvalue weighted by Crippen LogP contribution is -2.09. The molecule has 0 bridgehead atoms. The average molecular weight is 405 g/mol. The molecule has 0 saturated heterocycles. The van der Waals surface area contributed by atoms with E-state index in [9.17, 15) is 14.4 Å². The summed E-state index contributed by atoms with van der Waals surface area (Å²) in [6.07, 6.45) is 0.0114. The standard InChI is InChI=1S/C20H17ClO5S/c1-11-7-14-13(9-20(24)26-16(14)8-12(11)2)10-25-19(23)6-3-15(22)17-4-5-18(21)27-17/h4-5,7-9H,3,6,10H2,1-2H3. The Morgan fingerprint density at radius 2 is 1.85 bits per heavy atom. The first-order valence-corrected chi connectivity index (χ1v) is 9.51. The molecule has 7 heteroatoms. The Morgan fingerprint density at radius 1 is 1.11 bits per heavy atom. The van der Waals surface area contributed by atoms with Gasteiger partial charge in [0.25, 0.3) is 0 Å². The van der Waals surface area contributed by atoms with Crippen LogP contribution in [0.4, 0.5) is 0 Å². The number of ether oxygens (including phenoxy) is 1. The third kappa shape index (κ3) is 4.64. The SMILES string of the molecule is Cc1cc2oc(=O)cc(COC(=O)CCC(=O)c3ccc(Cl)s3)c2cc1C. The van der Waals surface area contributed by atoms with Crippen LogP contribution in [0.5, 0.6) is 0 Å². The lowest BCUT2D eigenvalue weighted by molar-refractivity contribution is -0.144. The Morgan fingerprint density at radius 3 is 2.56 bits per heavy atom. The number of carbonyl (C=O) groups excluding carboxylic acids is 2. The van der Waals surface area contributed by atoms with Gasteiger partial charge in [0.05, 0.1) is 15.6 Å². The minimum Gasteiger partial charge on any atom is -0.461 e. The zero-order chi connectivity index (χ0) is 19.6. The van der Waals surface area contributed by atoms with Crippen LogP contribution < -0.4 is 5.63 Å². The summed E-state index contributed by atoms with van der Waals surface area (Å²) in [5, 5.41) is 0.731. The Kier molecular flexibility index (Phi) is 5.77. The van der Waals surface area contributed by atoms with E-state index < -0.39 is 11.6 Å². The zero-order valence-electron chi connectivity index (χ0n) is 14.8. The number of halogens is 1. The van der Waals surface area contributed by atoms with Crippen LogP contribution in [0.3, 0.4) is 0 Å². The van der Waals surface area contributed by atoms with Crippen LogP contribution in [-0.2, 0) is 16.1 Å². The van der Waals surface area contributed by atoms with Gasteiger partial charge in [-0.3, -0.25) is 9.59 Å². The van der Waals surface area contributed by atoms with E-state index in [1.165, 1.54) is 17.4 Å². The molecule has 0 amide bonds. The van der Waals surface area contributed by atoms with E-state index in [1.54, 1.807) is 18.2 Å². The molecule has 0 aliphatic heterocycles. The highest BCUT2D eigenvalue weighted by Crippen LogP contribution is 2.24. The first-order valence-electron chi connectivity index (χ1n) is 8.31. The molecule has 0 spiro atoms. The number of hydrogen-bond donors (Lipinski definition) is 0. The third-order valence-corrected chi connectivity index (χ3v) is 5.51. The number of carbonyl (C=O) groups is 2. The van der Waals surface area contributed by atoms with E-state index in [4.69, 9.17) is 20.8 Å². The molecule has 0 atom stereocenters. The number of thiophene rings is 1. The summed E-state index contributed by atoms with van der Waals surface area (Å²) in [6, 6.07) is 8.31. The first kappa shape index (κ1) is 19.3. The molecule has 0 radical (unpaired) electrons. The highest BCUT2D eigenvalue weighted by molar-refractivity contribution is 7.18. The summed E-state index contributed by atoms with van der Waals surface area (Å²) < 4.78 is 11.0. The van der Waals surface area contributed by atoms with Gasteiger partial charge in [-0.05, 0) is 49.2 Å². The molecule has 3 rings (SSSR count). The van der Waals surface area contributed by atoms with Crippen LogP contribution in [0.2, 0.25) is 4.34 Å². The number of Topliss-reactive ketones (excluding diaryl/α,β-unsaturated/α-hetero) is 1. The van der Waals surface area contributed by atoms with Gasteiger partial charge < -0.3 is 9.15 Å². The lowest BCUT2D eigenvalue weighted by Gasteiger charge is -2.09. The number of fused-ring (bicyclic) bond motifs is 1. The van der Waals surface area contributed by atoms with Crippen molar-refractivity contribution >= 4 is 45.7 Å². The summed E-state index contributed by atoms with van der Waals surface area (Å²) in [5.74, 6) is -0.656. The van der Waals surface area contributed by atoms with E-state index >= 15 is 0 Å². The minimum absolute atomic E-state index is 0.0359. The maximum Gasteiger partial charge on any atom is 0.336 e. The highest BCUT2D eigenvalue weighted by atomic mass is 35.5. The average Bonchev–Trinajstić information content (AvgIpc) is 3.05.